The molecular formula is C19H22FNO3. The number of rotatable bonds is 7. The lowest BCUT2D eigenvalue weighted by Gasteiger charge is -2.13. The van der Waals surface area contributed by atoms with Gasteiger partial charge in [0.05, 0.1) is 13.2 Å². The van der Waals surface area contributed by atoms with Crippen LogP contribution in [-0.4, -0.2) is 19.1 Å². The van der Waals surface area contributed by atoms with Crippen molar-refractivity contribution in [3.63, 3.8) is 0 Å². The van der Waals surface area contributed by atoms with Gasteiger partial charge in [0.15, 0.2) is 11.5 Å². The first-order valence-electron chi connectivity index (χ1n) is 8.02. The molecule has 1 N–H and O–H groups in total. The molecule has 5 heteroatoms. The van der Waals surface area contributed by atoms with E-state index in [9.17, 15) is 9.18 Å². The molecule has 0 radical (unpaired) electrons. The average molecular weight is 331 g/mol. The predicted molar refractivity (Wildman–Crippen MR) is 92.5 cm³/mol. The summed E-state index contributed by atoms with van der Waals surface area (Å²) in [5.74, 6) is 0.442. The van der Waals surface area contributed by atoms with Crippen molar-refractivity contribution in [1.29, 1.82) is 0 Å². The van der Waals surface area contributed by atoms with Gasteiger partial charge in [0.25, 0.3) is 5.91 Å². The number of halogens is 1. The highest BCUT2D eigenvalue weighted by atomic mass is 19.1. The first-order chi connectivity index (χ1) is 11.5. The van der Waals surface area contributed by atoms with Gasteiger partial charge in [-0.1, -0.05) is 13.0 Å². The number of benzene rings is 2. The van der Waals surface area contributed by atoms with Gasteiger partial charge in [-0.25, -0.2) is 4.39 Å². The van der Waals surface area contributed by atoms with Crippen molar-refractivity contribution >= 4 is 11.6 Å². The Morgan fingerprint density at radius 1 is 1.08 bits per heavy atom. The second-order valence-corrected chi connectivity index (χ2v) is 5.36. The summed E-state index contributed by atoms with van der Waals surface area (Å²) in [5.41, 5.74) is 1.36. The Morgan fingerprint density at radius 3 is 2.54 bits per heavy atom. The molecule has 128 valence electrons. The number of nitrogens with one attached hydrogen (secondary N) is 1. The van der Waals surface area contributed by atoms with Crippen LogP contribution in [0.15, 0.2) is 36.4 Å². The SMILES string of the molecule is CCCOc1ccc(C(=O)Nc2ccc(C)c(F)c2)cc1OCC. The molecule has 0 heterocycles. The summed E-state index contributed by atoms with van der Waals surface area (Å²) in [4.78, 5) is 12.4. The minimum absolute atomic E-state index is 0.332. The van der Waals surface area contributed by atoms with E-state index in [1.807, 2.05) is 13.8 Å². The van der Waals surface area contributed by atoms with E-state index in [1.165, 1.54) is 6.07 Å². The molecule has 2 aromatic carbocycles. The van der Waals surface area contributed by atoms with E-state index in [2.05, 4.69) is 5.32 Å². The van der Waals surface area contributed by atoms with Gasteiger partial charge in [-0.3, -0.25) is 4.79 Å². The predicted octanol–water partition coefficient (Wildman–Crippen LogP) is 4.57. The van der Waals surface area contributed by atoms with Gasteiger partial charge < -0.3 is 14.8 Å². The zero-order valence-corrected chi connectivity index (χ0v) is 14.2. The molecule has 2 aromatic rings. The van der Waals surface area contributed by atoms with E-state index in [1.54, 1.807) is 37.3 Å². The maximum absolute atomic E-state index is 13.6. The van der Waals surface area contributed by atoms with Gasteiger partial charge in [-0.15, -0.1) is 0 Å². The van der Waals surface area contributed by atoms with Crippen molar-refractivity contribution in [2.24, 2.45) is 0 Å². The minimum Gasteiger partial charge on any atom is -0.490 e. The van der Waals surface area contributed by atoms with Crippen molar-refractivity contribution in [3.8, 4) is 11.5 Å². The van der Waals surface area contributed by atoms with Crippen molar-refractivity contribution in [3.05, 3.63) is 53.3 Å². The lowest BCUT2D eigenvalue weighted by atomic mass is 10.1. The van der Waals surface area contributed by atoms with Crippen LogP contribution in [-0.2, 0) is 0 Å². The van der Waals surface area contributed by atoms with Gasteiger partial charge in [-0.2, -0.15) is 0 Å². The second-order valence-electron chi connectivity index (χ2n) is 5.36. The Morgan fingerprint density at radius 2 is 1.88 bits per heavy atom. The van der Waals surface area contributed by atoms with E-state index in [4.69, 9.17) is 9.47 Å². The van der Waals surface area contributed by atoms with Gasteiger partial charge in [0.1, 0.15) is 5.82 Å². The topological polar surface area (TPSA) is 47.6 Å². The highest BCUT2D eigenvalue weighted by Gasteiger charge is 2.12. The third kappa shape index (κ3) is 4.47. The molecule has 0 fully saturated rings. The van der Waals surface area contributed by atoms with Crippen LogP contribution in [0.4, 0.5) is 10.1 Å². The summed E-state index contributed by atoms with van der Waals surface area (Å²) < 4.78 is 24.7. The van der Waals surface area contributed by atoms with Crippen molar-refractivity contribution in [2.75, 3.05) is 18.5 Å². The zero-order valence-electron chi connectivity index (χ0n) is 14.2. The normalized spacial score (nSPS) is 10.3. The summed E-state index contributed by atoms with van der Waals surface area (Å²) in [5, 5.41) is 2.68. The number of aryl methyl sites for hydroxylation is 1. The molecule has 2 rings (SSSR count). The van der Waals surface area contributed by atoms with E-state index in [0.717, 1.165) is 6.42 Å². The van der Waals surface area contributed by atoms with Crippen LogP contribution in [0.25, 0.3) is 0 Å². The summed E-state index contributed by atoms with van der Waals surface area (Å²) in [6.45, 7) is 6.60. The fraction of sp³-hybridized carbons (Fsp3) is 0.316. The fourth-order valence-corrected chi connectivity index (χ4v) is 2.12. The number of hydrogen-bond donors (Lipinski definition) is 1. The van der Waals surface area contributed by atoms with E-state index in [0.29, 0.717) is 41.5 Å². The lowest BCUT2D eigenvalue weighted by molar-refractivity contribution is 0.102. The Balaban J connectivity index is 2.18. The van der Waals surface area contributed by atoms with Gasteiger partial charge in [-0.05, 0) is 56.2 Å². The van der Waals surface area contributed by atoms with Crippen LogP contribution in [0.5, 0.6) is 11.5 Å². The smallest absolute Gasteiger partial charge is 0.255 e. The fourth-order valence-electron chi connectivity index (χ4n) is 2.12. The van der Waals surface area contributed by atoms with Crippen LogP contribution >= 0.6 is 0 Å². The third-order valence-corrected chi connectivity index (χ3v) is 3.40. The van der Waals surface area contributed by atoms with Crippen LogP contribution < -0.4 is 14.8 Å². The molecular weight excluding hydrogens is 309 g/mol. The van der Waals surface area contributed by atoms with Gasteiger partial charge >= 0.3 is 0 Å². The van der Waals surface area contributed by atoms with Crippen LogP contribution in [0, 0.1) is 12.7 Å². The molecule has 24 heavy (non-hydrogen) atoms. The molecule has 1 amide bonds. The number of carbonyl (C=O) groups excluding carboxylic acids is 1. The first kappa shape index (κ1) is 17.8. The highest BCUT2D eigenvalue weighted by Crippen LogP contribution is 2.29. The maximum Gasteiger partial charge on any atom is 0.255 e. The number of amides is 1. The van der Waals surface area contributed by atoms with E-state index in [-0.39, 0.29) is 11.7 Å². The Kier molecular flexibility index (Phi) is 6.18. The van der Waals surface area contributed by atoms with Crippen LogP contribution in [0.1, 0.15) is 36.2 Å². The highest BCUT2D eigenvalue weighted by molar-refractivity contribution is 6.04. The largest absolute Gasteiger partial charge is 0.490 e. The summed E-state index contributed by atoms with van der Waals surface area (Å²) in [6, 6.07) is 9.60. The quantitative estimate of drug-likeness (QED) is 0.808. The number of carbonyl (C=O) groups is 1. The molecule has 0 atom stereocenters. The van der Waals surface area contributed by atoms with Crippen LogP contribution in [0.3, 0.4) is 0 Å². The number of anilines is 1. The summed E-state index contributed by atoms with van der Waals surface area (Å²) in [6.07, 6.45) is 0.882. The molecule has 4 nitrogen and oxygen atoms in total. The standard InChI is InChI=1S/C19H22FNO3/c1-4-10-24-17-9-7-14(11-18(17)23-5-2)19(22)21-15-8-6-13(3)16(20)12-15/h6-9,11-12H,4-5,10H2,1-3H3,(H,21,22). The summed E-state index contributed by atoms with van der Waals surface area (Å²) >= 11 is 0. The molecule has 0 aromatic heterocycles. The molecule has 0 bridgehead atoms. The molecule has 0 unspecified atom stereocenters. The molecule has 0 saturated heterocycles. The molecule has 0 saturated carbocycles. The first-order valence-corrected chi connectivity index (χ1v) is 8.02. The maximum atomic E-state index is 13.6. The number of ether oxygens (including phenoxy) is 2. The second kappa shape index (κ2) is 8.34. The molecule has 0 aliphatic carbocycles. The Hall–Kier alpha value is -2.56. The molecule has 0 spiro atoms. The molecule has 0 aliphatic rings. The van der Waals surface area contributed by atoms with Gasteiger partial charge in [0, 0.05) is 11.3 Å². The van der Waals surface area contributed by atoms with E-state index >= 15 is 0 Å². The van der Waals surface area contributed by atoms with Crippen molar-refractivity contribution in [2.45, 2.75) is 27.2 Å². The van der Waals surface area contributed by atoms with E-state index < -0.39 is 0 Å². The third-order valence-electron chi connectivity index (χ3n) is 3.40. The minimum atomic E-state index is -0.355. The molecule has 0 aliphatic heterocycles. The van der Waals surface area contributed by atoms with Crippen LogP contribution in [0.2, 0.25) is 0 Å². The van der Waals surface area contributed by atoms with Crippen molar-refractivity contribution in [1.82, 2.24) is 0 Å². The monoisotopic (exact) mass is 331 g/mol. The zero-order chi connectivity index (χ0) is 17.5. The van der Waals surface area contributed by atoms with Crippen molar-refractivity contribution < 1.29 is 18.7 Å². The average Bonchev–Trinajstić information content (AvgIpc) is 2.57. The Bertz CT molecular complexity index is 716. The summed E-state index contributed by atoms with van der Waals surface area (Å²) in [7, 11) is 0. The van der Waals surface area contributed by atoms with Gasteiger partial charge in [0.2, 0.25) is 0 Å². The number of hydrogen-bond acceptors (Lipinski definition) is 3. The Labute approximate surface area is 141 Å². The lowest BCUT2D eigenvalue weighted by Crippen LogP contribution is -2.12.